The first-order valence-corrected chi connectivity index (χ1v) is 5.56. The molecule has 1 aromatic heterocycles. The van der Waals surface area contributed by atoms with E-state index in [-0.39, 0.29) is 16.5 Å². The molecule has 0 saturated heterocycles. The van der Waals surface area contributed by atoms with Crippen molar-refractivity contribution in [3.63, 3.8) is 0 Å². The van der Waals surface area contributed by atoms with Gasteiger partial charge in [0, 0.05) is 11.6 Å². The number of aromatic nitrogens is 1. The Morgan fingerprint density at radius 2 is 2.27 bits per heavy atom. The topological polar surface area (TPSA) is 73.3 Å². The van der Waals surface area contributed by atoms with Crippen molar-refractivity contribution in [2.45, 2.75) is 6.10 Å². The summed E-state index contributed by atoms with van der Waals surface area (Å²) in [7, 11) is 0. The van der Waals surface area contributed by atoms with Crippen LogP contribution in [0.15, 0.2) is 16.9 Å². The third kappa shape index (κ3) is 1.86. The second-order valence-electron chi connectivity index (χ2n) is 3.10. The Morgan fingerprint density at radius 3 is 2.93 bits per heavy atom. The summed E-state index contributed by atoms with van der Waals surface area (Å²) in [4.78, 5) is 13.5. The lowest BCUT2D eigenvalue weighted by atomic mass is 10.1. The van der Waals surface area contributed by atoms with Crippen LogP contribution in [0.4, 0.5) is 0 Å². The lowest BCUT2D eigenvalue weighted by Gasteiger charge is -2.08. The zero-order valence-electron chi connectivity index (χ0n) is 7.53. The van der Waals surface area contributed by atoms with Gasteiger partial charge in [-0.05, 0) is 6.07 Å². The number of nitrogens with one attached hydrogen (secondary N) is 1. The van der Waals surface area contributed by atoms with Gasteiger partial charge in [-0.25, -0.2) is 0 Å². The standard InChI is InChI=1S/C9H8ClNO3S/c10-3-7(13)5-1-4(12)2-6-8(5)15-9(14)11-6/h1-2,7,12-13H,3H2,(H,11,14)/t7-/m0/s1. The molecule has 2 rings (SSSR count). The number of hydrogen-bond acceptors (Lipinski definition) is 4. The molecular weight excluding hydrogens is 238 g/mol. The lowest BCUT2D eigenvalue weighted by molar-refractivity contribution is 0.204. The number of fused-ring (bicyclic) bond motifs is 1. The first kappa shape index (κ1) is 10.5. The molecule has 2 aromatic rings. The molecule has 0 amide bonds. The summed E-state index contributed by atoms with van der Waals surface area (Å²) in [6.45, 7) is 0. The molecule has 0 bridgehead atoms. The number of alkyl halides is 1. The first-order chi connectivity index (χ1) is 7.11. The minimum absolute atomic E-state index is 0.00397. The molecule has 1 heterocycles. The van der Waals surface area contributed by atoms with Gasteiger partial charge in [-0.15, -0.1) is 11.6 Å². The van der Waals surface area contributed by atoms with Crippen LogP contribution in [0.1, 0.15) is 11.7 Å². The molecule has 0 radical (unpaired) electrons. The van der Waals surface area contributed by atoms with Crippen LogP contribution in [0.5, 0.6) is 5.75 Å². The number of rotatable bonds is 2. The van der Waals surface area contributed by atoms with E-state index in [9.17, 15) is 15.0 Å². The van der Waals surface area contributed by atoms with Crippen LogP contribution >= 0.6 is 22.9 Å². The fraction of sp³-hybridized carbons (Fsp3) is 0.222. The number of aromatic hydroxyl groups is 1. The van der Waals surface area contributed by atoms with Gasteiger partial charge in [0.15, 0.2) is 0 Å². The highest BCUT2D eigenvalue weighted by Gasteiger charge is 2.14. The molecule has 4 nitrogen and oxygen atoms in total. The van der Waals surface area contributed by atoms with Gasteiger partial charge < -0.3 is 15.2 Å². The Labute approximate surface area is 93.8 Å². The second kappa shape index (κ2) is 3.84. The molecular formula is C9H8ClNO3S. The Balaban J connectivity index is 2.75. The largest absolute Gasteiger partial charge is 0.508 e. The highest BCUT2D eigenvalue weighted by atomic mass is 35.5. The molecule has 80 valence electrons. The molecule has 0 saturated carbocycles. The van der Waals surface area contributed by atoms with Crippen molar-refractivity contribution in [2.75, 3.05) is 5.88 Å². The number of phenolic OH excluding ortho intramolecular Hbond substituents is 1. The molecule has 1 atom stereocenters. The van der Waals surface area contributed by atoms with Gasteiger partial charge in [0.05, 0.1) is 22.2 Å². The molecule has 15 heavy (non-hydrogen) atoms. The lowest BCUT2D eigenvalue weighted by Crippen LogP contribution is -1.98. The summed E-state index contributed by atoms with van der Waals surface area (Å²) in [5, 5.41) is 19.0. The fourth-order valence-corrected chi connectivity index (χ4v) is 2.45. The number of H-pyrrole nitrogens is 1. The summed E-state index contributed by atoms with van der Waals surface area (Å²) in [6.07, 6.45) is -0.882. The average molecular weight is 246 g/mol. The van der Waals surface area contributed by atoms with E-state index in [0.717, 1.165) is 11.3 Å². The Kier molecular flexibility index (Phi) is 2.68. The highest BCUT2D eigenvalue weighted by Crippen LogP contribution is 2.30. The minimum atomic E-state index is -0.882. The van der Waals surface area contributed by atoms with Crippen molar-refractivity contribution in [3.8, 4) is 5.75 Å². The van der Waals surface area contributed by atoms with Crippen LogP contribution in [0.3, 0.4) is 0 Å². The third-order valence-electron chi connectivity index (χ3n) is 2.04. The molecule has 0 fully saturated rings. The molecule has 1 aromatic carbocycles. The molecule has 6 heteroatoms. The van der Waals surface area contributed by atoms with Crippen LogP contribution < -0.4 is 4.87 Å². The molecule has 0 spiro atoms. The first-order valence-electron chi connectivity index (χ1n) is 4.21. The van der Waals surface area contributed by atoms with Crippen molar-refractivity contribution in [1.29, 1.82) is 0 Å². The quantitative estimate of drug-likeness (QED) is 0.703. The van der Waals surface area contributed by atoms with E-state index in [4.69, 9.17) is 11.6 Å². The monoisotopic (exact) mass is 245 g/mol. The fourth-order valence-electron chi connectivity index (χ4n) is 1.40. The summed E-state index contributed by atoms with van der Waals surface area (Å²) >= 11 is 6.52. The van der Waals surface area contributed by atoms with E-state index in [1.807, 2.05) is 0 Å². The van der Waals surface area contributed by atoms with E-state index in [1.165, 1.54) is 12.1 Å². The Bertz CT molecular complexity index is 548. The van der Waals surface area contributed by atoms with Crippen LogP contribution in [0.2, 0.25) is 0 Å². The summed E-state index contributed by atoms with van der Waals surface area (Å²) in [5.41, 5.74) is 0.993. The minimum Gasteiger partial charge on any atom is -0.508 e. The van der Waals surface area contributed by atoms with Gasteiger partial charge in [0.1, 0.15) is 5.75 Å². The Morgan fingerprint density at radius 1 is 1.53 bits per heavy atom. The SMILES string of the molecule is O=c1[nH]c2cc(O)cc([C@@H](O)CCl)c2s1. The number of hydrogen-bond donors (Lipinski definition) is 3. The number of benzene rings is 1. The van der Waals surface area contributed by atoms with Gasteiger partial charge in [-0.3, -0.25) is 4.79 Å². The smallest absolute Gasteiger partial charge is 0.305 e. The summed E-state index contributed by atoms with van der Waals surface area (Å²) < 4.78 is 0.631. The van der Waals surface area contributed by atoms with Crippen LogP contribution in [0, 0.1) is 0 Å². The molecule has 0 unspecified atom stereocenters. The molecule has 0 aliphatic carbocycles. The van der Waals surface area contributed by atoms with Crippen molar-refractivity contribution in [2.24, 2.45) is 0 Å². The predicted molar refractivity (Wildman–Crippen MR) is 59.8 cm³/mol. The van der Waals surface area contributed by atoms with Crippen LogP contribution in [-0.4, -0.2) is 21.1 Å². The maximum Gasteiger partial charge on any atom is 0.305 e. The van der Waals surface area contributed by atoms with Crippen molar-refractivity contribution >= 4 is 33.2 Å². The van der Waals surface area contributed by atoms with Crippen molar-refractivity contribution in [3.05, 3.63) is 27.4 Å². The second-order valence-corrected chi connectivity index (χ2v) is 4.39. The van der Waals surface area contributed by atoms with Gasteiger partial charge >= 0.3 is 4.87 Å². The van der Waals surface area contributed by atoms with E-state index in [2.05, 4.69) is 4.98 Å². The average Bonchev–Trinajstić information content (AvgIpc) is 2.55. The zero-order chi connectivity index (χ0) is 11.0. The zero-order valence-corrected chi connectivity index (χ0v) is 9.10. The predicted octanol–water partition coefficient (Wildman–Crippen LogP) is 1.57. The molecule has 0 aliphatic rings. The van der Waals surface area contributed by atoms with Gasteiger partial charge in [-0.2, -0.15) is 0 Å². The number of aliphatic hydroxyl groups is 1. The van der Waals surface area contributed by atoms with E-state index in [1.54, 1.807) is 0 Å². The third-order valence-corrected chi connectivity index (χ3v) is 3.28. The Hall–Kier alpha value is -1.04. The van der Waals surface area contributed by atoms with Crippen LogP contribution in [-0.2, 0) is 0 Å². The van der Waals surface area contributed by atoms with E-state index < -0.39 is 6.10 Å². The number of phenols is 1. The number of aromatic amines is 1. The maximum absolute atomic E-state index is 11.1. The molecule has 0 aliphatic heterocycles. The number of aliphatic hydroxyl groups excluding tert-OH is 1. The normalized spacial score (nSPS) is 13.2. The van der Waals surface area contributed by atoms with Gasteiger partial charge in [0.25, 0.3) is 0 Å². The summed E-state index contributed by atoms with van der Waals surface area (Å²) in [5.74, 6) is 0.0145. The maximum atomic E-state index is 11.1. The van der Waals surface area contributed by atoms with Crippen molar-refractivity contribution in [1.82, 2.24) is 4.98 Å². The highest BCUT2D eigenvalue weighted by molar-refractivity contribution is 7.16. The summed E-state index contributed by atoms with van der Waals surface area (Å²) in [6, 6.07) is 2.86. The number of halogens is 1. The van der Waals surface area contributed by atoms with Gasteiger partial charge in [-0.1, -0.05) is 11.3 Å². The van der Waals surface area contributed by atoms with Crippen LogP contribution in [0.25, 0.3) is 10.2 Å². The van der Waals surface area contributed by atoms with Crippen molar-refractivity contribution < 1.29 is 10.2 Å². The van der Waals surface area contributed by atoms with E-state index >= 15 is 0 Å². The number of thiazole rings is 1. The van der Waals surface area contributed by atoms with E-state index in [0.29, 0.717) is 15.8 Å². The molecule has 3 N–H and O–H groups in total. The van der Waals surface area contributed by atoms with Gasteiger partial charge in [0.2, 0.25) is 0 Å².